The first kappa shape index (κ1) is 23.2. The van der Waals surface area contributed by atoms with E-state index >= 15 is 0 Å². The van der Waals surface area contributed by atoms with Crippen LogP contribution >= 0.6 is 15.9 Å². The molecule has 0 spiro atoms. The molecule has 0 bridgehead atoms. The molecule has 0 aliphatic carbocycles. The van der Waals surface area contributed by atoms with E-state index in [0.29, 0.717) is 6.42 Å². The van der Waals surface area contributed by atoms with Crippen LogP contribution in [0.2, 0.25) is 0 Å². The first-order chi connectivity index (χ1) is 14.9. The van der Waals surface area contributed by atoms with Crippen LogP contribution in [0.5, 0.6) is 0 Å². The minimum atomic E-state index is -3.76. The number of hydrogen-bond donors (Lipinski definition) is 0. The summed E-state index contributed by atoms with van der Waals surface area (Å²) in [6.45, 7) is 6.02. The van der Waals surface area contributed by atoms with Gasteiger partial charge in [-0.25, -0.2) is 8.42 Å². The second-order valence-electron chi connectivity index (χ2n) is 7.32. The molecule has 5 heteroatoms. The Hall–Kier alpha value is -2.47. The van der Waals surface area contributed by atoms with Crippen molar-refractivity contribution in [3.8, 4) is 0 Å². The Balaban J connectivity index is 2.07. The predicted molar refractivity (Wildman–Crippen MR) is 132 cm³/mol. The molecule has 160 valence electrons. The van der Waals surface area contributed by atoms with Crippen LogP contribution in [-0.4, -0.2) is 19.3 Å². The smallest absolute Gasteiger partial charge is 0.207 e. The third-order valence-corrected chi connectivity index (χ3v) is 7.33. The van der Waals surface area contributed by atoms with Crippen molar-refractivity contribution in [3.05, 3.63) is 119 Å². The Labute approximate surface area is 193 Å². The third kappa shape index (κ3) is 6.03. The lowest BCUT2D eigenvalue weighted by atomic mass is 10.0. The van der Waals surface area contributed by atoms with E-state index in [1.54, 1.807) is 22.5 Å². The molecule has 0 N–H and O–H groups in total. The molecule has 0 aromatic heterocycles. The summed E-state index contributed by atoms with van der Waals surface area (Å²) in [6, 6.07) is 26.1. The summed E-state index contributed by atoms with van der Waals surface area (Å²) < 4.78 is 29.9. The molecule has 0 aliphatic heterocycles. The minimum Gasteiger partial charge on any atom is -0.207 e. The van der Waals surface area contributed by atoms with Crippen LogP contribution in [0.15, 0.2) is 107 Å². The Morgan fingerprint density at radius 1 is 0.968 bits per heavy atom. The zero-order valence-electron chi connectivity index (χ0n) is 17.5. The maximum absolute atomic E-state index is 13.8. The van der Waals surface area contributed by atoms with Crippen LogP contribution in [0, 0.1) is 6.92 Å². The van der Waals surface area contributed by atoms with E-state index in [1.807, 2.05) is 85.8 Å². The van der Waals surface area contributed by atoms with Crippen molar-refractivity contribution in [3.63, 3.8) is 0 Å². The summed E-state index contributed by atoms with van der Waals surface area (Å²) in [5.41, 5.74) is 2.95. The molecule has 0 aliphatic rings. The van der Waals surface area contributed by atoms with Crippen molar-refractivity contribution in [1.82, 2.24) is 4.31 Å². The van der Waals surface area contributed by atoms with Crippen LogP contribution in [0.3, 0.4) is 0 Å². The van der Waals surface area contributed by atoms with Crippen LogP contribution < -0.4 is 0 Å². The second-order valence-corrected chi connectivity index (χ2v) is 10.2. The summed E-state index contributed by atoms with van der Waals surface area (Å²) >= 11 is 3.61. The van der Waals surface area contributed by atoms with Gasteiger partial charge in [-0.2, -0.15) is 4.31 Å². The minimum absolute atomic E-state index is 0.207. The molecule has 0 fully saturated rings. The molecule has 1 unspecified atom stereocenters. The van der Waals surface area contributed by atoms with Gasteiger partial charge in [-0.15, -0.1) is 6.58 Å². The average molecular weight is 496 g/mol. The van der Waals surface area contributed by atoms with Gasteiger partial charge in [0.15, 0.2) is 0 Å². The first-order valence-electron chi connectivity index (χ1n) is 10.1. The van der Waals surface area contributed by atoms with Crippen LogP contribution in [-0.2, 0) is 10.0 Å². The highest BCUT2D eigenvalue weighted by Gasteiger charge is 2.32. The maximum Gasteiger partial charge on any atom is 0.243 e. The molecular weight excluding hydrogens is 470 g/mol. The molecule has 0 heterocycles. The van der Waals surface area contributed by atoms with Crippen molar-refractivity contribution in [2.45, 2.75) is 24.3 Å². The van der Waals surface area contributed by atoms with E-state index in [2.05, 4.69) is 22.5 Å². The maximum atomic E-state index is 13.8. The topological polar surface area (TPSA) is 37.4 Å². The molecule has 3 aromatic carbocycles. The van der Waals surface area contributed by atoms with Gasteiger partial charge in [0, 0.05) is 11.0 Å². The van der Waals surface area contributed by atoms with Crippen LogP contribution in [0.4, 0.5) is 0 Å². The molecule has 0 saturated heterocycles. The average Bonchev–Trinajstić information content (AvgIpc) is 2.77. The summed E-state index contributed by atoms with van der Waals surface area (Å²) in [4.78, 5) is 0.281. The summed E-state index contributed by atoms with van der Waals surface area (Å²) in [7, 11) is -3.76. The van der Waals surface area contributed by atoms with Gasteiger partial charge in [-0.1, -0.05) is 100 Å². The largest absolute Gasteiger partial charge is 0.243 e. The van der Waals surface area contributed by atoms with E-state index in [-0.39, 0.29) is 17.5 Å². The number of rotatable bonds is 9. The number of nitrogens with zero attached hydrogens (tertiary/aromatic N) is 1. The first-order valence-corrected chi connectivity index (χ1v) is 12.3. The number of aryl methyl sites for hydroxylation is 1. The van der Waals surface area contributed by atoms with Crippen LogP contribution in [0.25, 0.3) is 6.08 Å². The van der Waals surface area contributed by atoms with Crippen molar-refractivity contribution in [2.24, 2.45) is 0 Å². The molecule has 0 amide bonds. The van der Waals surface area contributed by atoms with Crippen molar-refractivity contribution in [2.75, 3.05) is 6.54 Å². The Kier molecular flexibility index (Phi) is 8.02. The summed E-state index contributed by atoms with van der Waals surface area (Å²) in [6.07, 6.45) is 4.22. The molecule has 3 nitrogen and oxygen atoms in total. The van der Waals surface area contributed by atoms with Gasteiger partial charge in [-0.3, -0.25) is 0 Å². The fourth-order valence-electron chi connectivity index (χ4n) is 3.39. The highest BCUT2D eigenvalue weighted by molar-refractivity contribution is 9.11. The zero-order valence-corrected chi connectivity index (χ0v) is 19.9. The van der Waals surface area contributed by atoms with Crippen molar-refractivity contribution < 1.29 is 8.42 Å². The van der Waals surface area contributed by atoms with E-state index in [4.69, 9.17) is 0 Å². The van der Waals surface area contributed by atoms with Crippen LogP contribution in [0.1, 0.15) is 29.2 Å². The zero-order chi connectivity index (χ0) is 22.3. The fraction of sp³-hybridized carbons (Fsp3) is 0.154. The van der Waals surface area contributed by atoms with Gasteiger partial charge in [0.25, 0.3) is 0 Å². The second kappa shape index (κ2) is 10.7. The van der Waals surface area contributed by atoms with Gasteiger partial charge >= 0.3 is 0 Å². The lowest BCUT2D eigenvalue weighted by Crippen LogP contribution is -2.36. The Morgan fingerprint density at radius 2 is 1.55 bits per heavy atom. The summed E-state index contributed by atoms with van der Waals surface area (Å²) in [5, 5.41) is 0. The van der Waals surface area contributed by atoms with E-state index in [9.17, 15) is 8.42 Å². The van der Waals surface area contributed by atoms with Gasteiger partial charge < -0.3 is 0 Å². The lowest BCUT2D eigenvalue weighted by molar-refractivity contribution is 0.350. The van der Waals surface area contributed by atoms with Crippen molar-refractivity contribution >= 4 is 32.0 Å². The standard InChI is InChI=1S/C26H26BrNO2S/c1-3-10-26(23-13-8-5-9-14-23)28(20-24(27)19-22-11-6-4-7-12-22)31(29,30)25-17-15-21(2)16-18-25/h3-9,11-19,26H,1,10,20H2,2H3/b24-19-. The molecule has 0 radical (unpaired) electrons. The number of halogens is 1. The van der Waals surface area contributed by atoms with E-state index in [0.717, 1.165) is 21.2 Å². The number of benzene rings is 3. The molecule has 0 saturated carbocycles. The van der Waals surface area contributed by atoms with E-state index < -0.39 is 10.0 Å². The number of hydrogen-bond acceptors (Lipinski definition) is 2. The van der Waals surface area contributed by atoms with Gasteiger partial charge in [0.05, 0.1) is 10.9 Å². The van der Waals surface area contributed by atoms with Gasteiger partial charge in [-0.05, 0) is 42.7 Å². The van der Waals surface area contributed by atoms with Crippen molar-refractivity contribution in [1.29, 1.82) is 0 Å². The quantitative estimate of drug-likeness (QED) is 0.308. The van der Waals surface area contributed by atoms with Gasteiger partial charge in [0.1, 0.15) is 0 Å². The summed E-state index contributed by atoms with van der Waals surface area (Å²) in [5.74, 6) is 0. The molecule has 1 atom stereocenters. The monoisotopic (exact) mass is 495 g/mol. The predicted octanol–water partition coefficient (Wildman–Crippen LogP) is 6.74. The Bertz CT molecular complexity index is 1130. The normalized spacial score (nSPS) is 13.2. The van der Waals surface area contributed by atoms with E-state index in [1.165, 1.54) is 0 Å². The lowest BCUT2D eigenvalue weighted by Gasteiger charge is -2.31. The molecule has 3 rings (SSSR count). The highest BCUT2D eigenvalue weighted by atomic mass is 79.9. The fourth-order valence-corrected chi connectivity index (χ4v) is 5.69. The molecular formula is C26H26BrNO2S. The van der Waals surface area contributed by atoms with Gasteiger partial charge in [0.2, 0.25) is 10.0 Å². The Morgan fingerprint density at radius 3 is 2.13 bits per heavy atom. The molecule has 31 heavy (non-hydrogen) atoms. The third-order valence-electron chi connectivity index (χ3n) is 4.98. The number of sulfonamides is 1. The SMILES string of the molecule is C=CCC(c1ccccc1)N(C/C(Br)=C/c1ccccc1)S(=O)(=O)c1ccc(C)cc1. The molecule has 3 aromatic rings. The highest BCUT2D eigenvalue weighted by Crippen LogP contribution is 2.33.